The summed E-state index contributed by atoms with van der Waals surface area (Å²) < 4.78 is 79.8. The molecule has 0 aliphatic carbocycles. The summed E-state index contributed by atoms with van der Waals surface area (Å²) in [6, 6.07) is 4.57. The number of rotatable bonds is 7. The lowest BCUT2D eigenvalue weighted by molar-refractivity contribution is -0.167. The fourth-order valence-corrected chi connectivity index (χ4v) is 4.95. The summed E-state index contributed by atoms with van der Waals surface area (Å²) in [6.45, 7) is 7.84. The Morgan fingerprint density at radius 3 is 2.44 bits per heavy atom. The summed E-state index contributed by atoms with van der Waals surface area (Å²) in [6.07, 6.45) is -0.173. The van der Waals surface area contributed by atoms with E-state index >= 15 is 0 Å². The van der Waals surface area contributed by atoms with Crippen molar-refractivity contribution in [3.05, 3.63) is 40.7 Å². The lowest BCUT2D eigenvalue weighted by atomic mass is 10.00. The molecule has 0 saturated heterocycles. The van der Waals surface area contributed by atoms with E-state index in [1.54, 1.807) is 33.8 Å². The number of aromatic nitrogens is 2. The molecule has 196 valence electrons. The molecule has 0 fully saturated rings. The van der Waals surface area contributed by atoms with Crippen molar-refractivity contribution < 1.29 is 40.0 Å². The minimum absolute atomic E-state index is 0.0434. The second-order valence-electron chi connectivity index (χ2n) is 8.52. The standard InChI is InChI=1S/C22H22ClF3N2O6S2/c1-6-32-20(29)17(33-21(3,4)5)15-11(2)9-13-18(16(15)34-36(30,31)22(24,25)26)35-19(28-13)12-7-8-27-14(23)10-12/h7-10,17H,6H2,1-5H3/t17-/m0/s1. The zero-order valence-corrected chi connectivity index (χ0v) is 22.2. The first kappa shape index (κ1) is 28.1. The molecule has 0 saturated carbocycles. The number of carbonyl (C=O) groups is 1. The number of alkyl halides is 3. The minimum Gasteiger partial charge on any atom is -0.464 e. The first-order valence-corrected chi connectivity index (χ1v) is 13.1. The van der Waals surface area contributed by atoms with Gasteiger partial charge in [-0.2, -0.15) is 21.6 Å². The SMILES string of the molecule is CCOC(=O)[C@@H](OC(C)(C)C)c1c(C)cc2nc(-c3ccnc(Cl)c3)sc2c1OS(=O)(=O)C(F)(F)F. The van der Waals surface area contributed by atoms with Crippen LogP contribution in [0, 0.1) is 6.92 Å². The van der Waals surface area contributed by atoms with Gasteiger partial charge < -0.3 is 13.7 Å². The van der Waals surface area contributed by atoms with E-state index in [-0.39, 0.29) is 33.1 Å². The second-order valence-corrected chi connectivity index (χ2v) is 11.4. The highest BCUT2D eigenvalue weighted by Crippen LogP contribution is 2.45. The number of benzene rings is 1. The van der Waals surface area contributed by atoms with Crippen LogP contribution in [0.2, 0.25) is 5.15 Å². The molecule has 2 heterocycles. The quantitative estimate of drug-likeness (QED) is 0.149. The van der Waals surface area contributed by atoms with Gasteiger partial charge in [0.25, 0.3) is 0 Å². The van der Waals surface area contributed by atoms with Gasteiger partial charge in [-0.05, 0) is 58.4 Å². The summed E-state index contributed by atoms with van der Waals surface area (Å²) in [5, 5.41) is 0.463. The van der Waals surface area contributed by atoms with Gasteiger partial charge in [-0.3, -0.25) is 0 Å². The van der Waals surface area contributed by atoms with Crippen molar-refractivity contribution in [2.45, 2.75) is 51.8 Å². The van der Waals surface area contributed by atoms with Crippen LogP contribution in [0.5, 0.6) is 5.75 Å². The van der Waals surface area contributed by atoms with E-state index in [0.717, 1.165) is 11.3 Å². The van der Waals surface area contributed by atoms with Crippen molar-refractivity contribution in [1.29, 1.82) is 0 Å². The molecule has 3 rings (SSSR count). The van der Waals surface area contributed by atoms with Gasteiger partial charge in [0.05, 0.1) is 22.4 Å². The van der Waals surface area contributed by atoms with E-state index < -0.39 is 39.1 Å². The van der Waals surface area contributed by atoms with Crippen molar-refractivity contribution in [3.63, 3.8) is 0 Å². The molecule has 1 atom stereocenters. The van der Waals surface area contributed by atoms with Gasteiger partial charge in [-0.15, -0.1) is 11.3 Å². The maximum Gasteiger partial charge on any atom is 0.534 e. The number of nitrogens with zero attached hydrogens (tertiary/aromatic N) is 2. The van der Waals surface area contributed by atoms with E-state index in [2.05, 4.69) is 14.2 Å². The normalized spacial score (nSPS) is 13.6. The third-order valence-electron chi connectivity index (χ3n) is 4.57. The van der Waals surface area contributed by atoms with Crippen molar-refractivity contribution >= 4 is 49.2 Å². The largest absolute Gasteiger partial charge is 0.534 e. The highest BCUT2D eigenvalue weighted by atomic mass is 35.5. The second kappa shape index (κ2) is 10.1. The highest BCUT2D eigenvalue weighted by Gasteiger charge is 2.50. The predicted octanol–water partition coefficient (Wildman–Crippen LogP) is 5.97. The number of hydrogen-bond acceptors (Lipinski definition) is 9. The molecule has 0 aliphatic heterocycles. The molecule has 3 aromatic rings. The molecule has 0 radical (unpaired) electrons. The maximum absolute atomic E-state index is 13.3. The summed E-state index contributed by atoms with van der Waals surface area (Å²) >= 11 is 6.81. The molecule has 36 heavy (non-hydrogen) atoms. The first-order chi connectivity index (χ1) is 16.5. The molecule has 0 amide bonds. The average molecular weight is 567 g/mol. The number of halogens is 4. The summed E-state index contributed by atoms with van der Waals surface area (Å²) in [4.78, 5) is 21.2. The Labute approximate surface area is 214 Å². The lowest BCUT2D eigenvalue weighted by Crippen LogP contribution is -2.31. The van der Waals surface area contributed by atoms with E-state index in [9.17, 15) is 26.4 Å². The van der Waals surface area contributed by atoms with E-state index in [1.165, 1.54) is 25.3 Å². The summed E-state index contributed by atoms with van der Waals surface area (Å²) in [5.41, 5.74) is -6.06. The molecule has 14 heteroatoms. The molecular formula is C22H22ClF3N2O6S2. The number of pyridine rings is 1. The van der Waals surface area contributed by atoms with Crippen LogP contribution in [-0.4, -0.2) is 42.1 Å². The van der Waals surface area contributed by atoms with Crippen LogP contribution in [0.4, 0.5) is 13.2 Å². The number of fused-ring (bicyclic) bond motifs is 1. The topological polar surface area (TPSA) is 105 Å². The van der Waals surface area contributed by atoms with Crippen molar-refractivity contribution in [3.8, 4) is 16.3 Å². The van der Waals surface area contributed by atoms with Crippen LogP contribution in [0.1, 0.15) is 44.9 Å². The zero-order valence-electron chi connectivity index (χ0n) is 19.8. The Morgan fingerprint density at radius 1 is 1.22 bits per heavy atom. The fourth-order valence-electron chi connectivity index (χ4n) is 3.20. The molecule has 0 aliphatic rings. The Hall–Kier alpha value is -2.48. The van der Waals surface area contributed by atoms with Crippen molar-refractivity contribution in [1.82, 2.24) is 9.97 Å². The van der Waals surface area contributed by atoms with Gasteiger partial charge in [0.2, 0.25) is 0 Å². The van der Waals surface area contributed by atoms with Gasteiger partial charge in [-0.1, -0.05) is 11.6 Å². The van der Waals surface area contributed by atoms with E-state index in [4.69, 9.17) is 21.1 Å². The third kappa shape index (κ3) is 6.07. The monoisotopic (exact) mass is 566 g/mol. The van der Waals surface area contributed by atoms with Gasteiger partial charge in [0, 0.05) is 17.3 Å². The lowest BCUT2D eigenvalue weighted by Gasteiger charge is -2.28. The Kier molecular flexibility index (Phi) is 7.89. The average Bonchev–Trinajstić information content (AvgIpc) is 3.15. The van der Waals surface area contributed by atoms with Crippen molar-refractivity contribution in [2.24, 2.45) is 0 Å². The zero-order chi connectivity index (χ0) is 27.1. The molecule has 0 N–H and O–H groups in total. The van der Waals surface area contributed by atoms with E-state index in [1.807, 2.05) is 0 Å². The van der Waals surface area contributed by atoms with Crippen LogP contribution < -0.4 is 4.18 Å². The van der Waals surface area contributed by atoms with Crippen LogP contribution in [0.3, 0.4) is 0 Å². The summed E-state index contributed by atoms with van der Waals surface area (Å²) in [7, 11) is -6.12. The van der Waals surface area contributed by atoms with Crippen molar-refractivity contribution in [2.75, 3.05) is 6.61 Å². The van der Waals surface area contributed by atoms with Crippen LogP contribution in [-0.2, 0) is 24.4 Å². The van der Waals surface area contributed by atoms with Crippen LogP contribution >= 0.6 is 22.9 Å². The number of thiazole rings is 1. The molecule has 1 aromatic carbocycles. The van der Waals surface area contributed by atoms with Crippen LogP contribution in [0.25, 0.3) is 20.8 Å². The highest BCUT2D eigenvalue weighted by molar-refractivity contribution is 7.88. The predicted molar refractivity (Wildman–Crippen MR) is 128 cm³/mol. The molecule has 0 bridgehead atoms. The Morgan fingerprint density at radius 2 is 1.89 bits per heavy atom. The number of aryl methyl sites for hydroxylation is 1. The maximum atomic E-state index is 13.3. The first-order valence-electron chi connectivity index (χ1n) is 10.4. The Bertz CT molecular complexity index is 1400. The molecule has 0 unspecified atom stereocenters. The number of hydrogen-bond donors (Lipinski definition) is 0. The third-order valence-corrected chi connectivity index (χ3v) is 6.85. The van der Waals surface area contributed by atoms with Gasteiger partial charge in [-0.25, -0.2) is 14.8 Å². The van der Waals surface area contributed by atoms with Gasteiger partial charge >= 0.3 is 21.6 Å². The molecule has 0 spiro atoms. The Balaban J connectivity index is 2.36. The molecule has 8 nitrogen and oxygen atoms in total. The van der Waals surface area contributed by atoms with Gasteiger partial charge in [0.1, 0.15) is 10.2 Å². The summed E-state index contributed by atoms with van der Waals surface area (Å²) in [5.74, 6) is -1.64. The van der Waals surface area contributed by atoms with E-state index in [0.29, 0.717) is 10.6 Å². The van der Waals surface area contributed by atoms with Gasteiger partial charge in [0.15, 0.2) is 11.9 Å². The molecular weight excluding hydrogens is 545 g/mol. The number of esters is 1. The number of ether oxygens (including phenoxy) is 2. The fraction of sp³-hybridized carbons (Fsp3) is 0.409. The smallest absolute Gasteiger partial charge is 0.464 e. The number of carbonyl (C=O) groups excluding carboxylic acids is 1. The van der Waals surface area contributed by atoms with Crippen LogP contribution in [0.15, 0.2) is 24.4 Å². The minimum atomic E-state index is -6.12. The molecule has 2 aromatic heterocycles.